The van der Waals surface area contributed by atoms with Gasteiger partial charge in [-0.3, -0.25) is 0 Å². The van der Waals surface area contributed by atoms with Gasteiger partial charge in [0.05, 0.1) is 19.3 Å². The summed E-state index contributed by atoms with van der Waals surface area (Å²) in [4.78, 5) is 0. The molecule has 82 valence electrons. The fourth-order valence-corrected chi connectivity index (χ4v) is 1.56. The fourth-order valence-electron chi connectivity index (χ4n) is 1.56. The maximum Gasteiger partial charge on any atom is 0.118 e. The van der Waals surface area contributed by atoms with Crippen LogP contribution in [0.25, 0.3) is 0 Å². The second kappa shape index (κ2) is 4.21. The molecule has 0 aliphatic carbocycles. The van der Waals surface area contributed by atoms with E-state index in [0.29, 0.717) is 6.61 Å². The van der Waals surface area contributed by atoms with E-state index in [1.165, 1.54) is 5.56 Å². The summed E-state index contributed by atoms with van der Waals surface area (Å²) in [5.41, 5.74) is 1.21. The van der Waals surface area contributed by atoms with E-state index in [1.54, 1.807) is 7.11 Å². The minimum absolute atomic E-state index is 0.0277. The van der Waals surface area contributed by atoms with Crippen LogP contribution in [-0.4, -0.2) is 25.8 Å². The van der Waals surface area contributed by atoms with Crippen LogP contribution >= 0.6 is 0 Å². The Balaban J connectivity index is 1.87. The van der Waals surface area contributed by atoms with Crippen LogP contribution in [-0.2, 0) is 11.3 Å². The van der Waals surface area contributed by atoms with Gasteiger partial charge in [0.1, 0.15) is 5.75 Å². The maximum absolute atomic E-state index is 5.82. The van der Waals surface area contributed by atoms with Crippen LogP contribution < -0.4 is 10.1 Å². The molecule has 2 rings (SSSR count). The Morgan fingerprint density at radius 2 is 1.93 bits per heavy atom. The highest BCUT2D eigenvalue weighted by atomic mass is 16.5. The minimum Gasteiger partial charge on any atom is -0.497 e. The highest BCUT2D eigenvalue weighted by Crippen LogP contribution is 2.19. The second-order valence-electron chi connectivity index (χ2n) is 4.19. The van der Waals surface area contributed by atoms with Crippen molar-refractivity contribution in [1.29, 1.82) is 0 Å². The van der Waals surface area contributed by atoms with Gasteiger partial charge in [-0.1, -0.05) is 12.1 Å². The summed E-state index contributed by atoms with van der Waals surface area (Å²) >= 11 is 0. The lowest BCUT2D eigenvalue weighted by Crippen LogP contribution is -2.58. The van der Waals surface area contributed by atoms with Gasteiger partial charge in [0.15, 0.2) is 0 Å². The van der Waals surface area contributed by atoms with Crippen molar-refractivity contribution in [1.82, 2.24) is 5.32 Å². The van der Waals surface area contributed by atoms with Gasteiger partial charge in [-0.05, 0) is 24.6 Å². The van der Waals surface area contributed by atoms with Crippen LogP contribution in [0.15, 0.2) is 24.3 Å². The monoisotopic (exact) mass is 207 g/mol. The number of ether oxygens (including phenoxy) is 2. The Labute approximate surface area is 90.4 Å². The Kier molecular flexibility index (Phi) is 2.93. The Morgan fingerprint density at radius 3 is 2.40 bits per heavy atom. The van der Waals surface area contributed by atoms with Crippen LogP contribution in [0.1, 0.15) is 12.5 Å². The number of hydrogen-bond donors (Lipinski definition) is 1. The van der Waals surface area contributed by atoms with Crippen molar-refractivity contribution >= 4 is 0 Å². The predicted molar refractivity (Wildman–Crippen MR) is 59.1 cm³/mol. The molecule has 15 heavy (non-hydrogen) atoms. The SMILES string of the molecule is COc1ccc(COC2(C)CNC2)cc1. The predicted octanol–water partition coefficient (Wildman–Crippen LogP) is 1.57. The third-order valence-corrected chi connectivity index (χ3v) is 2.74. The van der Waals surface area contributed by atoms with Gasteiger partial charge in [0.25, 0.3) is 0 Å². The van der Waals surface area contributed by atoms with Crippen molar-refractivity contribution in [3.05, 3.63) is 29.8 Å². The average Bonchev–Trinajstić information content (AvgIpc) is 2.24. The second-order valence-corrected chi connectivity index (χ2v) is 4.19. The molecule has 0 spiro atoms. The molecule has 1 heterocycles. The summed E-state index contributed by atoms with van der Waals surface area (Å²) in [5.74, 6) is 0.885. The Hall–Kier alpha value is -1.06. The van der Waals surface area contributed by atoms with E-state index < -0.39 is 0 Å². The highest BCUT2D eigenvalue weighted by molar-refractivity contribution is 5.26. The van der Waals surface area contributed by atoms with E-state index in [0.717, 1.165) is 18.8 Å². The first-order chi connectivity index (χ1) is 7.22. The molecular weight excluding hydrogens is 190 g/mol. The van der Waals surface area contributed by atoms with Crippen molar-refractivity contribution < 1.29 is 9.47 Å². The third-order valence-electron chi connectivity index (χ3n) is 2.74. The largest absolute Gasteiger partial charge is 0.497 e. The van der Waals surface area contributed by atoms with Crippen molar-refractivity contribution in [2.24, 2.45) is 0 Å². The van der Waals surface area contributed by atoms with Gasteiger partial charge in [-0.2, -0.15) is 0 Å². The van der Waals surface area contributed by atoms with E-state index in [-0.39, 0.29) is 5.60 Å². The zero-order chi connectivity index (χ0) is 10.7. The van der Waals surface area contributed by atoms with Crippen molar-refractivity contribution in [2.75, 3.05) is 20.2 Å². The van der Waals surface area contributed by atoms with Gasteiger partial charge in [-0.25, -0.2) is 0 Å². The molecule has 1 aliphatic rings. The zero-order valence-electron chi connectivity index (χ0n) is 9.25. The number of methoxy groups -OCH3 is 1. The summed E-state index contributed by atoms with van der Waals surface area (Å²) in [6.07, 6.45) is 0. The molecule has 1 aliphatic heterocycles. The summed E-state index contributed by atoms with van der Waals surface area (Å²) in [5, 5.41) is 3.21. The van der Waals surface area contributed by atoms with Crippen LogP contribution in [0.4, 0.5) is 0 Å². The molecule has 1 fully saturated rings. The molecule has 1 N–H and O–H groups in total. The first-order valence-electron chi connectivity index (χ1n) is 5.19. The molecule has 3 nitrogen and oxygen atoms in total. The maximum atomic E-state index is 5.82. The Bertz CT molecular complexity index is 317. The molecule has 0 unspecified atom stereocenters. The number of nitrogens with one attached hydrogen (secondary N) is 1. The first kappa shape index (κ1) is 10.5. The zero-order valence-corrected chi connectivity index (χ0v) is 9.25. The lowest BCUT2D eigenvalue weighted by molar-refractivity contribution is -0.0767. The van der Waals surface area contributed by atoms with E-state index in [1.807, 2.05) is 24.3 Å². The molecule has 3 heteroatoms. The van der Waals surface area contributed by atoms with Gasteiger partial charge in [0.2, 0.25) is 0 Å². The summed E-state index contributed by atoms with van der Waals surface area (Å²) < 4.78 is 10.9. The highest BCUT2D eigenvalue weighted by Gasteiger charge is 2.32. The van der Waals surface area contributed by atoms with E-state index in [9.17, 15) is 0 Å². The molecule has 1 saturated heterocycles. The molecule has 0 radical (unpaired) electrons. The quantitative estimate of drug-likeness (QED) is 0.813. The van der Waals surface area contributed by atoms with E-state index in [2.05, 4.69) is 12.2 Å². The van der Waals surface area contributed by atoms with Crippen LogP contribution in [0.5, 0.6) is 5.75 Å². The smallest absolute Gasteiger partial charge is 0.118 e. The number of benzene rings is 1. The molecule has 0 saturated carbocycles. The average molecular weight is 207 g/mol. The molecule has 0 amide bonds. The minimum atomic E-state index is 0.0277. The third kappa shape index (κ3) is 2.49. The molecule has 1 aromatic rings. The summed E-state index contributed by atoms with van der Waals surface area (Å²) in [7, 11) is 1.67. The summed E-state index contributed by atoms with van der Waals surface area (Å²) in [6.45, 7) is 4.70. The van der Waals surface area contributed by atoms with Gasteiger partial charge >= 0.3 is 0 Å². The van der Waals surface area contributed by atoms with Crippen LogP contribution in [0.3, 0.4) is 0 Å². The van der Waals surface area contributed by atoms with Crippen molar-refractivity contribution in [3.63, 3.8) is 0 Å². The van der Waals surface area contributed by atoms with Crippen molar-refractivity contribution in [3.8, 4) is 5.75 Å². The van der Waals surface area contributed by atoms with Gasteiger partial charge < -0.3 is 14.8 Å². The van der Waals surface area contributed by atoms with E-state index in [4.69, 9.17) is 9.47 Å². The molecule has 0 bridgehead atoms. The van der Waals surface area contributed by atoms with Crippen molar-refractivity contribution in [2.45, 2.75) is 19.1 Å². The van der Waals surface area contributed by atoms with Gasteiger partial charge in [0, 0.05) is 13.1 Å². The topological polar surface area (TPSA) is 30.5 Å². The number of hydrogen-bond acceptors (Lipinski definition) is 3. The lowest BCUT2D eigenvalue weighted by atomic mass is 10.00. The molecular formula is C12H17NO2. The standard InChI is InChI=1S/C12H17NO2/c1-12(8-13-9-12)15-7-10-3-5-11(14-2)6-4-10/h3-6,13H,7-9H2,1-2H3. The molecule has 0 atom stereocenters. The van der Waals surface area contributed by atoms with Crippen LogP contribution in [0.2, 0.25) is 0 Å². The van der Waals surface area contributed by atoms with E-state index >= 15 is 0 Å². The molecule has 1 aromatic carbocycles. The first-order valence-corrected chi connectivity index (χ1v) is 5.19. The van der Waals surface area contributed by atoms with Gasteiger partial charge in [-0.15, -0.1) is 0 Å². The molecule has 0 aromatic heterocycles. The number of rotatable bonds is 4. The fraction of sp³-hybridized carbons (Fsp3) is 0.500. The summed E-state index contributed by atoms with van der Waals surface area (Å²) in [6, 6.07) is 7.99. The lowest BCUT2D eigenvalue weighted by Gasteiger charge is -2.39. The van der Waals surface area contributed by atoms with Crippen LogP contribution in [0, 0.1) is 0 Å². The normalized spacial score (nSPS) is 18.3. The Morgan fingerprint density at radius 1 is 1.27 bits per heavy atom.